The van der Waals surface area contributed by atoms with Crippen LogP contribution in [0.5, 0.6) is 0 Å². The summed E-state index contributed by atoms with van der Waals surface area (Å²) < 4.78 is 0. The van der Waals surface area contributed by atoms with Gasteiger partial charge in [-0.25, -0.2) is 4.99 Å². The van der Waals surface area contributed by atoms with E-state index in [0.717, 1.165) is 5.56 Å². The summed E-state index contributed by atoms with van der Waals surface area (Å²) in [6.45, 7) is -0.157. The van der Waals surface area contributed by atoms with Gasteiger partial charge < -0.3 is 10.4 Å². The Kier molecular flexibility index (Phi) is 5.26. The van der Waals surface area contributed by atoms with Gasteiger partial charge in [0.25, 0.3) is 0 Å². The Hall–Kier alpha value is -2.91. The van der Waals surface area contributed by atoms with Crippen LogP contribution in [0.4, 0.5) is 5.69 Å². The molecule has 2 rings (SSSR count). The summed E-state index contributed by atoms with van der Waals surface area (Å²) in [6, 6.07) is 12.5. The summed E-state index contributed by atoms with van der Waals surface area (Å²) in [5.74, 6) is 0.258. The number of benzene rings is 1. The van der Waals surface area contributed by atoms with E-state index in [-0.39, 0.29) is 12.6 Å². The van der Waals surface area contributed by atoms with E-state index in [2.05, 4.69) is 20.6 Å². The highest BCUT2D eigenvalue weighted by molar-refractivity contribution is 5.94. The molecular weight excluding hydrogens is 266 g/mol. The molecule has 106 valence electrons. The van der Waals surface area contributed by atoms with Crippen LogP contribution in [-0.4, -0.2) is 22.7 Å². The number of nitriles is 1. The van der Waals surface area contributed by atoms with Crippen LogP contribution in [0.1, 0.15) is 11.6 Å². The predicted octanol–water partition coefficient (Wildman–Crippen LogP) is 1.65. The number of nitrogens with one attached hydrogen (secondary N) is 2. The Labute approximate surface area is 122 Å². The average molecular weight is 281 g/mol. The smallest absolute Gasteiger partial charge is 0.209 e. The number of guanidine groups is 1. The molecule has 1 heterocycles. The molecule has 1 aromatic heterocycles. The SMILES string of the molecule is N#CNC(=N[C@@H](CO)c1ccccc1)Nc1cccnc1. The van der Waals surface area contributed by atoms with Gasteiger partial charge >= 0.3 is 0 Å². The van der Waals surface area contributed by atoms with Gasteiger partial charge in [-0.3, -0.25) is 10.3 Å². The number of nitrogens with zero attached hydrogens (tertiary/aromatic N) is 3. The van der Waals surface area contributed by atoms with E-state index in [0.29, 0.717) is 5.69 Å². The number of anilines is 1. The van der Waals surface area contributed by atoms with Gasteiger partial charge in [0.1, 0.15) is 6.04 Å². The zero-order valence-electron chi connectivity index (χ0n) is 11.3. The van der Waals surface area contributed by atoms with E-state index in [1.165, 1.54) is 0 Å². The zero-order valence-corrected chi connectivity index (χ0v) is 11.3. The van der Waals surface area contributed by atoms with Crippen molar-refractivity contribution in [2.24, 2.45) is 4.99 Å². The van der Waals surface area contributed by atoms with Gasteiger partial charge in [-0.15, -0.1) is 0 Å². The minimum Gasteiger partial charge on any atom is -0.394 e. The molecule has 21 heavy (non-hydrogen) atoms. The van der Waals surface area contributed by atoms with Crippen LogP contribution in [0.25, 0.3) is 0 Å². The Morgan fingerprint density at radius 3 is 2.71 bits per heavy atom. The highest BCUT2D eigenvalue weighted by Gasteiger charge is 2.10. The summed E-state index contributed by atoms with van der Waals surface area (Å²) in [7, 11) is 0. The van der Waals surface area contributed by atoms with Crippen molar-refractivity contribution in [1.82, 2.24) is 10.3 Å². The molecule has 0 aliphatic rings. The van der Waals surface area contributed by atoms with E-state index in [9.17, 15) is 5.11 Å². The third kappa shape index (κ3) is 4.30. The molecule has 0 spiro atoms. The van der Waals surface area contributed by atoms with Gasteiger partial charge in [0.2, 0.25) is 5.96 Å². The Balaban J connectivity index is 2.21. The van der Waals surface area contributed by atoms with Gasteiger partial charge in [0.15, 0.2) is 6.19 Å². The normalized spacial score (nSPS) is 12.3. The summed E-state index contributed by atoms with van der Waals surface area (Å²) >= 11 is 0. The highest BCUT2D eigenvalue weighted by Crippen LogP contribution is 2.16. The highest BCUT2D eigenvalue weighted by atomic mass is 16.3. The molecule has 0 fully saturated rings. The van der Waals surface area contributed by atoms with Gasteiger partial charge in [0, 0.05) is 6.20 Å². The Morgan fingerprint density at radius 1 is 1.29 bits per heavy atom. The van der Waals surface area contributed by atoms with E-state index < -0.39 is 6.04 Å². The maximum absolute atomic E-state index is 9.50. The fraction of sp³-hybridized carbons (Fsp3) is 0.133. The topological polar surface area (TPSA) is 93.3 Å². The molecule has 0 aliphatic carbocycles. The molecule has 0 radical (unpaired) electrons. The molecular formula is C15H15N5O. The minimum atomic E-state index is -0.453. The molecule has 0 unspecified atom stereocenters. The fourth-order valence-corrected chi connectivity index (χ4v) is 1.77. The number of aromatic nitrogens is 1. The fourth-order valence-electron chi connectivity index (χ4n) is 1.77. The first-order chi connectivity index (χ1) is 10.3. The number of rotatable bonds is 4. The Morgan fingerprint density at radius 2 is 2.10 bits per heavy atom. The molecule has 1 aromatic carbocycles. The number of aliphatic hydroxyl groups excluding tert-OH is 1. The lowest BCUT2D eigenvalue weighted by Crippen LogP contribution is -2.28. The van der Waals surface area contributed by atoms with Crippen LogP contribution in [-0.2, 0) is 0 Å². The maximum atomic E-state index is 9.50. The lowest BCUT2D eigenvalue weighted by molar-refractivity contribution is 0.269. The minimum absolute atomic E-state index is 0.157. The van der Waals surface area contributed by atoms with E-state index >= 15 is 0 Å². The summed E-state index contributed by atoms with van der Waals surface area (Å²) in [5, 5.41) is 23.7. The van der Waals surface area contributed by atoms with Crippen molar-refractivity contribution >= 4 is 11.6 Å². The van der Waals surface area contributed by atoms with Crippen LogP contribution >= 0.6 is 0 Å². The van der Waals surface area contributed by atoms with Crippen LogP contribution in [0, 0.1) is 11.5 Å². The lowest BCUT2D eigenvalue weighted by atomic mass is 10.1. The summed E-state index contributed by atoms with van der Waals surface area (Å²) in [4.78, 5) is 8.32. The molecule has 3 N–H and O–H groups in total. The first-order valence-electron chi connectivity index (χ1n) is 6.39. The monoisotopic (exact) mass is 281 g/mol. The number of aliphatic hydroxyl groups is 1. The molecule has 0 saturated carbocycles. The molecule has 6 nitrogen and oxygen atoms in total. The first kappa shape index (κ1) is 14.5. The van der Waals surface area contributed by atoms with Gasteiger partial charge in [-0.05, 0) is 17.7 Å². The maximum Gasteiger partial charge on any atom is 0.209 e. The second-order valence-corrected chi connectivity index (χ2v) is 4.19. The largest absolute Gasteiger partial charge is 0.394 e. The van der Waals surface area contributed by atoms with E-state index in [1.54, 1.807) is 24.5 Å². The molecule has 6 heteroatoms. The number of hydrogen-bond donors (Lipinski definition) is 3. The van der Waals surface area contributed by atoms with Crippen LogP contribution < -0.4 is 10.6 Å². The predicted molar refractivity (Wildman–Crippen MR) is 80.3 cm³/mol. The third-order valence-corrected chi connectivity index (χ3v) is 2.74. The quantitative estimate of drug-likeness (QED) is 0.343. The van der Waals surface area contributed by atoms with Crippen molar-refractivity contribution < 1.29 is 5.11 Å². The van der Waals surface area contributed by atoms with Crippen molar-refractivity contribution in [3.05, 3.63) is 60.4 Å². The second kappa shape index (κ2) is 7.62. The van der Waals surface area contributed by atoms with E-state index in [1.807, 2.05) is 36.5 Å². The van der Waals surface area contributed by atoms with Crippen LogP contribution in [0.15, 0.2) is 59.9 Å². The van der Waals surface area contributed by atoms with Crippen molar-refractivity contribution in [2.45, 2.75) is 6.04 Å². The first-order valence-corrected chi connectivity index (χ1v) is 6.39. The van der Waals surface area contributed by atoms with Crippen molar-refractivity contribution in [3.8, 4) is 6.19 Å². The molecule has 1 atom stereocenters. The number of hydrogen-bond acceptors (Lipinski definition) is 4. The van der Waals surface area contributed by atoms with Crippen LogP contribution in [0.2, 0.25) is 0 Å². The standard InChI is InChI=1S/C15H15N5O/c16-11-18-15(19-13-7-4-8-17-9-13)20-14(10-21)12-5-2-1-3-6-12/h1-9,14,21H,10H2,(H2,18,19,20)/t14-/m0/s1. The van der Waals surface area contributed by atoms with Crippen molar-refractivity contribution in [3.63, 3.8) is 0 Å². The molecule has 0 bridgehead atoms. The number of aliphatic imine (C=N–C) groups is 1. The van der Waals surface area contributed by atoms with Crippen molar-refractivity contribution in [2.75, 3.05) is 11.9 Å². The summed E-state index contributed by atoms with van der Waals surface area (Å²) in [6.07, 6.45) is 5.09. The Bertz CT molecular complexity index is 622. The van der Waals surface area contributed by atoms with Crippen LogP contribution in [0.3, 0.4) is 0 Å². The van der Waals surface area contributed by atoms with Crippen molar-refractivity contribution in [1.29, 1.82) is 5.26 Å². The van der Waals surface area contributed by atoms with Gasteiger partial charge in [-0.1, -0.05) is 30.3 Å². The molecule has 0 aliphatic heterocycles. The zero-order chi connectivity index (χ0) is 14.9. The van der Waals surface area contributed by atoms with Gasteiger partial charge in [-0.2, -0.15) is 5.26 Å². The molecule has 2 aromatic rings. The average Bonchev–Trinajstić information content (AvgIpc) is 2.54. The van der Waals surface area contributed by atoms with Gasteiger partial charge in [0.05, 0.1) is 18.5 Å². The third-order valence-electron chi connectivity index (χ3n) is 2.74. The molecule has 0 saturated heterocycles. The van der Waals surface area contributed by atoms with E-state index in [4.69, 9.17) is 5.26 Å². The second-order valence-electron chi connectivity index (χ2n) is 4.19. The lowest BCUT2D eigenvalue weighted by Gasteiger charge is -2.13. The summed E-state index contributed by atoms with van der Waals surface area (Å²) in [5.41, 5.74) is 1.56. The number of pyridine rings is 1. The molecule has 0 amide bonds.